The first kappa shape index (κ1) is 27.4. The quantitative estimate of drug-likeness (QED) is 0.178. The van der Waals surface area contributed by atoms with Crippen LogP contribution in [0.2, 0.25) is 0 Å². The standard InChI is InChI=1S/C32H37N7/c1-8-12-14-31(39-19-22(6)34-20-39)26-16-29(36-23(26)7)32-27-17-28(33-18-30(27)37-38-32)24(10-3)15-25(11-4)35-21(5)13-9-2/h8,10-12,14-20,35-36H,4-5,9,13H2,1-3,6-7H3,(H,37,38)/b12-8-,24-10+,25-15+,31-14+. The maximum Gasteiger partial charge on any atom is 0.116 e. The highest BCUT2D eigenvalue weighted by Gasteiger charge is 2.17. The molecule has 4 rings (SSSR count). The van der Waals surface area contributed by atoms with Crippen LogP contribution in [0.4, 0.5) is 0 Å². The van der Waals surface area contributed by atoms with Crippen molar-refractivity contribution in [1.29, 1.82) is 0 Å². The average molecular weight is 520 g/mol. The summed E-state index contributed by atoms with van der Waals surface area (Å²) in [5.41, 5.74) is 10.4. The van der Waals surface area contributed by atoms with E-state index in [1.165, 1.54) is 0 Å². The Bertz CT molecular complexity index is 1610. The van der Waals surface area contributed by atoms with Crippen LogP contribution in [0, 0.1) is 13.8 Å². The predicted octanol–water partition coefficient (Wildman–Crippen LogP) is 7.61. The lowest BCUT2D eigenvalue weighted by Crippen LogP contribution is -2.10. The summed E-state index contributed by atoms with van der Waals surface area (Å²) in [5.74, 6) is 0. The first-order valence-corrected chi connectivity index (χ1v) is 13.2. The molecule has 0 saturated heterocycles. The van der Waals surface area contributed by atoms with Crippen LogP contribution < -0.4 is 5.32 Å². The maximum atomic E-state index is 4.71. The normalized spacial score (nSPS) is 13.0. The molecule has 0 aromatic carbocycles. The number of fused-ring (bicyclic) bond motifs is 1. The minimum Gasteiger partial charge on any atom is -0.359 e. The number of hydrogen-bond donors (Lipinski definition) is 3. The second-order valence-corrected chi connectivity index (χ2v) is 9.44. The number of aromatic amines is 2. The minimum atomic E-state index is 0.841. The molecule has 0 bridgehead atoms. The van der Waals surface area contributed by atoms with Crippen LogP contribution in [0.1, 0.15) is 56.3 Å². The summed E-state index contributed by atoms with van der Waals surface area (Å²) < 4.78 is 2.05. The van der Waals surface area contributed by atoms with Crippen LogP contribution in [0.25, 0.3) is 33.6 Å². The largest absolute Gasteiger partial charge is 0.359 e. The molecule has 3 N–H and O–H groups in total. The molecule has 39 heavy (non-hydrogen) atoms. The number of allylic oxidation sites excluding steroid dienone is 8. The molecule has 0 unspecified atom stereocenters. The molecule has 4 heterocycles. The van der Waals surface area contributed by atoms with Gasteiger partial charge in [-0.15, -0.1) is 0 Å². The highest BCUT2D eigenvalue weighted by Crippen LogP contribution is 2.32. The Hall–Kier alpha value is -4.65. The first-order chi connectivity index (χ1) is 18.9. The molecular weight excluding hydrogens is 482 g/mol. The fourth-order valence-corrected chi connectivity index (χ4v) is 4.47. The van der Waals surface area contributed by atoms with Crippen molar-refractivity contribution in [3.05, 3.63) is 115 Å². The van der Waals surface area contributed by atoms with E-state index in [9.17, 15) is 0 Å². The van der Waals surface area contributed by atoms with Gasteiger partial charge in [0.15, 0.2) is 0 Å². The summed E-state index contributed by atoms with van der Waals surface area (Å²) in [4.78, 5) is 12.7. The van der Waals surface area contributed by atoms with E-state index < -0.39 is 0 Å². The Morgan fingerprint density at radius 3 is 2.67 bits per heavy atom. The Morgan fingerprint density at radius 2 is 2.00 bits per heavy atom. The van der Waals surface area contributed by atoms with E-state index in [0.717, 1.165) is 80.4 Å². The van der Waals surface area contributed by atoms with Crippen molar-refractivity contribution >= 4 is 22.2 Å². The van der Waals surface area contributed by atoms with Gasteiger partial charge in [0.1, 0.15) is 5.69 Å². The Morgan fingerprint density at radius 1 is 1.18 bits per heavy atom. The zero-order chi connectivity index (χ0) is 27.9. The van der Waals surface area contributed by atoms with E-state index >= 15 is 0 Å². The van der Waals surface area contributed by atoms with Gasteiger partial charge in [0.25, 0.3) is 0 Å². The molecule has 0 radical (unpaired) electrons. The lowest BCUT2D eigenvalue weighted by Gasteiger charge is -2.11. The number of aryl methyl sites for hydroxylation is 2. The fraction of sp³-hybridized carbons (Fsp3) is 0.219. The second-order valence-electron chi connectivity index (χ2n) is 9.44. The number of pyridine rings is 1. The van der Waals surface area contributed by atoms with Gasteiger partial charge in [-0.25, -0.2) is 4.98 Å². The Kier molecular flexibility index (Phi) is 8.61. The monoisotopic (exact) mass is 519 g/mol. The Labute approximate surface area is 230 Å². The molecule has 4 aromatic rings. The fourth-order valence-electron chi connectivity index (χ4n) is 4.47. The van der Waals surface area contributed by atoms with Gasteiger partial charge < -0.3 is 14.9 Å². The van der Waals surface area contributed by atoms with E-state index in [-0.39, 0.29) is 0 Å². The highest BCUT2D eigenvalue weighted by atomic mass is 15.1. The summed E-state index contributed by atoms with van der Waals surface area (Å²) in [5, 5.41) is 12.1. The van der Waals surface area contributed by atoms with Crippen molar-refractivity contribution in [2.75, 3.05) is 0 Å². The molecule has 0 aliphatic rings. The van der Waals surface area contributed by atoms with E-state index in [2.05, 4.69) is 70.7 Å². The molecule has 0 saturated carbocycles. The molecule has 4 aromatic heterocycles. The number of nitrogens with zero attached hydrogens (tertiary/aromatic N) is 4. The molecule has 0 fully saturated rings. The Balaban J connectivity index is 1.74. The van der Waals surface area contributed by atoms with Gasteiger partial charge in [-0.1, -0.05) is 44.7 Å². The number of aromatic nitrogens is 6. The van der Waals surface area contributed by atoms with Crippen molar-refractivity contribution in [2.45, 2.75) is 47.5 Å². The highest BCUT2D eigenvalue weighted by molar-refractivity contribution is 5.94. The van der Waals surface area contributed by atoms with E-state index in [0.29, 0.717) is 0 Å². The van der Waals surface area contributed by atoms with Crippen LogP contribution in [0.15, 0.2) is 91.9 Å². The lowest BCUT2D eigenvalue weighted by molar-refractivity contribution is 0.829. The zero-order valence-corrected chi connectivity index (χ0v) is 23.5. The van der Waals surface area contributed by atoms with Crippen molar-refractivity contribution in [1.82, 2.24) is 35.0 Å². The number of hydrogen-bond acceptors (Lipinski definition) is 4. The average Bonchev–Trinajstić information content (AvgIpc) is 3.65. The second kappa shape index (κ2) is 12.3. The number of rotatable bonds is 11. The zero-order valence-electron chi connectivity index (χ0n) is 23.5. The van der Waals surface area contributed by atoms with Crippen molar-refractivity contribution in [2.24, 2.45) is 0 Å². The molecule has 0 aliphatic carbocycles. The third-order valence-electron chi connectivity index (χ3n) is 6.44. The summed E-state index contributed by atoms with van der Waals surface area (Å²) >= 11 is 0. The third-order valence-corrected chi connectivity index (χ3v) is 6.44. The van der Waals surface area contributed by atoms with Crippen LogP contribution in [-0.2, 0) is 0 Å². The summed E-state index contributed by atoms with van der Waals surface area (Å²) in [6, 6.07) is 4.22. The van der Waals surface area contributed by atoms with Gasteiger partial charge in [-0.3, -0.25) is 10.1 Å². The van der Waals surface area contributed by atoms with Crippen molar-refractivity contribution in [3.63, 3.8) is 0 Å². The molecule has 0 spiro atoms. The number of nitrogens with one attached hydrogen (secondary N) is 3. The van der Waals surface area contributed by atoms with Gasteiger partial charge in [-0.2, -0.15) is 5.10 Å². The molecule has 7 nitrogen and oxygen atoms in total. The molecule has 7 heteroatoms. The molecule has 0 atom stereocenters. The summed E-state index contributed by atoms with van der Waals surface area (Å²) in [7, 11) is 0. The van der Waals surface area contributed by atoms with Gasteiger partial charge in [0.2, 0.25) is 0 Å². The maximum absolute atomic E-state index is 4.71. The van der Waals surface area contributed by atoms with Crippen molar-refractivity contribution < 1.29 is 0 Å². The topological polar surface area (TPSA) is 87.2 Å². The minimum absolute atomic E-state index is 0.841. The molecule has 0 aliphatic heterocycles. The van der Waals surface area contributed by atoms with E-state index in [1.807, 2.05) is 68.4 Å². The van der Waals surface area contributed by atoms with Gasteiger partial charge in [0.05, 0.1) is 40.8 Å². The van der Waals surface area contributed by atoms with Gasteiger partial charge in [-0.05, 0) is 70.0 Å². The van der Waals surface area contributed by atoms with Crippen LogP contribution in [0.3, 0.4) is 0 Å². The first-order valence-electron chi connectivity index (χ1n) is 13.2. The summed E-state index contributed by atoms with van der Waals surface area (Å²) in [6.45, 7) is 18.3. The smallest absolute Gasteiger partial charge is 0.116 e. The summed E-state index contributed by atoms with van der Waals surface area (Å²) in [6.07, 6.45) is 19.7. The van der Waals surface area contributed by atoms with Crippen LogP contribution in [0.5, 0.6) is 0 Å². The number of H-pyrrole nitrogens is 2. The van der Waals surface area contributed by atoms with Gasteiger partial charge >= 0.3 is 0 Å². The SMILES string of the molecule is C=C/C(=C\C(=C/C)c1cc2c(-c3cc(/C(=C\C=C/C)n4cnc(C)c4)c(C)[nH]3)n[nH]c2cn1)NC(=C)CCC. The third kappa shape index (κ3) is 6.09. The predicted molar refractivity (Wildman–Crippen MR) is 163 cm³/mol. The van der Waals surface area contributed by atoms with Crippen LogP contribution >= 0.6 is 0 Å². The van der Waals surface area contributed by atoms with E-state index in [4.69, 9.17) is 4.98 Å². The molecule has 0 amide bonds. The number of imidazole rings is 1. The molecule has 200 valence electrons. The molecular formula is C32H37N7. The van der Waals surface area contributed by atoms with E-state index in [1.54, 1.807) is 6.08 Å². The van der Waals surface area contributed by atoms with Crippen molar-refractivity contribution in [3.8, 4) is 11.4 Å². The van der Waals surface area contributed by atoms with Gasteiger partial charge in [0, 0.05) is 34.2 Å². The van der Waals surface area contributed by atoms with Crippen LogP contribution in [-0.4, -0.2) is 29.7 Å². The lowest BCUT2D eigenvalue weighted by atomic mass is 10.1.